The summed E-state index contributed by atoms with van der Waals surface area (Å²) in [4.78, 5) is 0.00173. The Morgan fingerprint density at radius 3 is 2.33 bits per heavy atom. The fourth-order valence-electron chi connectivity index (χ4n) is 1.34. The van der Waals surface area contributed by atoms with E-state index in [1.165, 1.54) is 6.07 Å². The minimum absolute atomic E-state index is 0.00173. The first-order valence-electron chi connectivity index (χ1n) is 5.25. The molecule has 0 bridgehead atoms. The number of nitrogens with one attached hydrogen (secondary N) is 1. The van der Waals surface area contributed by atoms with E-state index in [1.54, 1.807) is 0 Å². The van der Waals surface area contributed by atoms with Gasteiger partial charge in [-0.15, -0.1) is 11.3 Å². The number of nitrogens with two attached hydrogens (primary N) is 1. The Balaban J connectivity index is 3.05. The van der Waals surface area contributed by atoms with Gasteiger partial charge in [0.25, 0.3) is 0 Å². The van der Waals surface area contributed by atoms with E-state index in [9.17, 15) is 8.42 Å². The summed E-state index contributed by atoms with van der Waals surface area (Å²) in [7, 11) is -3.70. The van der Waals surface area contributed by atoms with Gasteiger partial charge in [-0.25, -0.2) is 13.1 Å². The average Bonchev–Trinajstić information content (AvgIpc) is 2.53. The Kier molecular flexibility index (Phi) is 5.08. The molecule has 1 heterocycles. The standard InChI is InChI=1S/C10H16Cl2N2O2S2/c1-10(2,3)7(5-13)14-18(15,16)6-4-8(11)17-9(6)12/h4,7,14H,5,13H2,1-3H3. The molecule has 0 aliphatic carbocycles. The van der Waals surface area contributed by atoms with E-state index in [4.69, 9.17) is 28.9 Å². The summed E-state index contributed by atoms with van der Waals surface area (Å²) in [6, 6.07) is 0.963. The van der Waals surface area contributed by atoms with Crippen LogP contribution in [0.3, 0.4) is 0 Å². The maximum atomic E-state index is 12.2. The van der Waals surface area contributed by atoms with E-state index >= 15 is 0 Å². The van der Waals surface area contributed by atoms with Crippen LogP contribution in [0.25, 0.3) is 0 Å². The van der Waals surface area contributed by atoms with Gasteiger partial charge in [-0.1, -0.05) is 44.0 Å². The minimum Gasteiger partial charge on any atom is -0.329 e. The quantitative estimate of drug-likeness (QED) is 0.891. The molecule has 104 valence electrons. The zero-order valence-electron chi connectivity index (χ0n) is 10.3. The highest BCUT2D eigenvalue weighted by molar-refractivity contribution is 7.89. The second-order valence-electron chi connectivity index (χ2n) is 4.96. The van der Waals surface area contributed by atoms with E-state index in [2.05, 4.69) is 4.72 Å². The van der Waals surface area contributed by atoms with Crippen LogP contribution in [-0.4, -0.2) is 21.0 Å². The molecule has 0 fully saturated rings. The van der Waals surface area contributed by atoms with Crippen LogP contribution in [0.2, 0.25) is 8.67 Å². The van der Waals surface area contributed by atoms with Crippen LogP contribution in [0.15, 0.2) is 11.0 Å². The summed E-state index contributed by atoms with van der Waals surface area (Å²) in [6.07, 6.45) is 0. The van der Waals surface area contributed by atoms with Gasteiger partial charge >= 0.3 is 0 Å². The van der Waals surface area contributed by atoms with Crippen molar-refractivity contribution in [2.45, 2.75) is 31.7 Å². The molecular formula is C10H16Cl2N2O2S2. The fourth-order valence-corrected chi connectivity index (χ4v) is 4.94. The number of sulfonamides is 1. The zero-order valence-corrected chi connectivity index (χ0v) is 13.5. The summed E-state index contributed by atoms with van der Waals surface area (Å²) in [6.45, 7) is 5.94. The number of hydrogen-bond acceptors (Lipinski definition) is 4. The third kappa shape index (κ3) is 3.82. The van der Waals surface area contributed by atoms with Gasteiger partial charge in [0, 0.05) is 12.6 Å². The fraction of sp³-hybridized carbons (Fsp3) is 0.600. The number of rotatable bonds is 4. The molecule has 0 saturated heterocycles. The smallest absolute Gasteiger partial charge is 0.243 e. The van der Waals surface area contributed by atoms with Crippen molar-refractivity contribution in [3.8, 4) is 0 Å². The van der Waals surface area contributed by atoms with Crippen molar-refractivity contribution in [3.05, 3.63) is 14.7 Å². The van der Waals surface area contributed by atoms with Crippen LogP contribution in [0, 0.1) is 5.41 Å². The predicted octanol–water partition coefficient (Wildman–Crippen LogP) is 2.71. The lowest BCUT2D eigenvalue weighted by atomic mass is 9.88. The van der Waals surface area contributed by atoms with Gasteiger partial charge in [-0.2, -0.15) is 0 Å². The molecule has 0 amide bonds. The SMILES string of the molecule is CC(C)(C)C(CN)NS(=O)(=O)c1cc(Cl)sc1Cl. The first-order chi connectivity index (χ1) is 8.08. The van der Waals surface area contributed by atoms with Crippen LogP contribution in [-0.2, 0) is 10.0 Å². The van der Waals surface area contributed by atoms with Crippen molar-refractivity contribution in [2.75, 3.05) is 6.54 Å². The minimum atomic E-state index is -3.70. The Labute approximate surface area is 122 Å². The molecule has 18 heavy (non-hydrogen) atoms. The van der Waals surface area contributed by atoms with E-state index in [-0.39, 0.29) is 27.2 Å². The first kappa shape index (κ1) is 16.2. The lowest BCUT2D eigenvalue weighted by molar-refractivity contribution is 0.304. The molecule has 0 radical (unpaired) electrons. The van der Waals surface area contributed by atoms with Gasteiger partial charge in [0.05, 0.1) is 4.34 Å². The van der Waals surface area contributed by atoms with E-state index in [1.807, 2.05) is 20.8 Å². The van der Waals surface area contributed by atoms with Crippen LogP contribution >= 0.6 is 34.5 Å². The third-order valence-corrected chi connectivity index (χ3v) is 5.72. The molecule has 0 saturated carbocycles. The summed E-state index contributed by atoms with van der Waals surface area (Å²) < 4.78 is 27.4. The summed E-state index contributed by atoms with van der Waals surface area (Å²) in [5.74, 6) is 0. The van der Waals surface area contributed by atoms with Gasteiger partial charge in [-0.05, 0) is 11.5 Å². The highest BCUT2D eigenvalue weighted by Crippen LogP contribution is 2.34. The highest BCUT2D eigenvalue weighted by Gasteiger charge is 2.30. The monoisotopic (exact) mass is 330 g/mol. The number of thiophene rings is 1. The number of hydrogen-bond donors (Lipinski definition) is 2. The zero-order chi connectivity index (χ0) is 14.1. The Bertz CT molecular complexity index is 520. The van der Waals surface area contributed by atoms with Gasteiger partial charge in [0.2, 0.25) is 10.0 Å². The highest BCUT2D eigenvalue weighted by atomic mass is 35.5. The van der Waals surface area contributed by atoms with Gasteiger partial charge < -0.3 is 5.73 Å². The molecule has 0 aliphatic rings. The molecule has 8 heteroatoms. The summed E-state index contributed by atoms with van der Waals surface area (Å²) in [5.41, 5.74) is 5.32. The van der Waals surface area contributed by atoms with Crippen molar-refractivity contribution in [3.63, 3.8) is 0 Å². The van der Waals surface area contributed by atoms with Gasteiger partial charge in [-0.3, -0.25) is 0 Å². The number of halogens is 2. The Hall–Kier alpha value is 0.150. The van der Waals surface area contributed by atoms with Crippen LogP contribution in [0.5, 0.6) is 0 Å². The van der Waals surface area contributed by atoms with Crippen molar-refractivity contribution in [2.24, 2.45) is 11.1 Å². The van der Waals surface area contributed by atoms with Crippen molar-refractivity contribution >= 4 is 44.6 Å². The Morgan fingerprint density at radius 2 is 2.00 bits per heavy atom. The van der Waals surface area contributed by atoms with E-state index in [0.29, 0.717) is 4.34 Å². The van der Waals surface area contributed by atoms with Crippen LogP contribution in [0.1, 0.15) is 20.8 Å². The molecule has 1 aromatic heterocycles. The normalized spacial score (nSPS) is 14.8. The maximum Gasteiger partial charge on any atom is 0.243 e. The molecule has 0 aliphatic heterocycles. The molecule has 0 aromatic carbocycles. The largest absolute Gasteiger partial charge is 0.329 e. The molecule has 1 rings (SSSR count). The predicted molar refractivity (Wildman–Crippen MR) is 77.0 cm³/mol. The third-order valence-electron chi connectivity index (χ3n) is 2.49. The van der Waals surface area contributed by atoms with E-state index < -0.39 is 10.0 Å². The maximum absolute atomic E-state index is 12.2. The topological polar surface area (TPSA) is 72.2 Å². The second-order valence-corrected chi connectivity index (χ2v) is 8.93. The summed E-state index contributed by atoms with van der Waals surface area (Å²) >= 11 is 12.6. The van der Waals surface area contributed by atoms with Gasteiger partial charge in [0.15, 0.2) is 0 Å². The van der Waals surface area contributed by atoms with E-state index in [0.717, 1.165) is 11.3 Å². The summed E-state index contributed by atoms with van der Waals surface area (Å²) in [5, 5.41) is 0. The van der Waals surface area contributed by atoms with Crippen LogP contribution < -0.4 is 10.5 Å². The molecule has 1 unspecified atom stereocenters. The molecule has 1 atom stereocenters. The molecule has 1 aromatic rings. The second kappa shape index (κ2) is 5.64. The lowest BCUT2D eigenvalue weighted by Gasteiger charge is -2.29. The van der Waals surface area contributed by atoms with Crippen LogP contribution in [0.4, 0.5) is 0 Å². The molecule has 4 nitrogen and oxygen atoms in total. The van der Waals surface area contributed by atoms with Gasteiger partial charge in [0.1, 0.15) is 9.23 Å². The van der Waals surface area contributed by atoms with Crippen molar-refractivity contribution < 1.29 is 8.42 Å². The average molecular weight is 331 g/mol. The Morgan fingerprint density at radius 1 is 1.44 bits per heavy atom. The molecule has 0 spiro atoms. The van der Waals surface area contributed by atoms with Crippen molar-refractivity contribution in [1.29, 1.82) is 0 Å². The molecule has 3 N–H and O–H groups in total. The first-order valence-corrected chi connectivity index (χ1v) is 8.30. The molecular weight excluding hydrogens is 315 g/mol. The van der Waals surface area contributed by atoms with Crippen molar-refractivity contribution in [1.82, 2.24) is 4.72 Å². The lowest BCUT2D eigenvalue weighted by Crippen LogP contribution is -2.48.